The average Bonchev–Trinajstić information content (AvgIpc) is 3.52. The maximum absolute atomic E-state index is 5.05. The molecule has 2 aliphatic rings. The zero-order valence-electron chi connectivity index (χ0n) is 32.1. The first kappa shape index (κ1) is 34.5. The van der Waals surface area contributed by atoms with Gasteiger partial charge in [-0.2, -0.15) is 0 Å². The molecule has 0 radical (unpaired) electrons. The Morgan fingerprint density at radius 2 is 0.737 bits per heavy atom. The highest BCUT2D eigenvalue weighted by molar-refractivity contribution is 5.81. The lowest BCUT2D eigenvalue weighted by Crippen LogP contribution is -2.17. The summed E-state index contributed by atoms with van der Waals surface area (Å²) in [5, 5.41) is 0. The van der Waals surface area contributed by atoms with Crippen LogP contribution in [-0.4, -0.2) is 15.0 Å². The molecule has 3 heteroatoms. The predicted octanol–water partition coefficient (Wildman–Crippen LogP) is 13.7. The smallest absolute Gasteiger partial charge is 0.164 e. The normalized spacial score (nSPS) is 15.3. The van der Waals surface area contributed by atoms with Gasteiger partial charge in [0, 0.05) is 28.0 Å². The molecule has 272 valence electrons. The van der Waals surface area contributed by atoms with Crippen molar-refractivity contribution in [1.82, 2.24) is 15.0 Å². The van der Waals surface area contributed by atoms with Crippen LogP contribution < -0.4 is 0 Å². The number of benzene rings is 7. The van der Waals surface area contributed by atoms with Crippen molar-refractivity contribution in [3.05, 3.63) is 216 Å². The van der Waals surface area contributed by atoms with E-state index in [-0.39, 0.29) is 5.41 Å². The Bertz CT molecular complexity index is 2680. The first-order valence-corrected chi connectivity index (χ1v) is 19.8. The van der Waals surface area contributed by atoms with Crippen molar-refractivity contribution in [1.29, 1.82) is 0 Å². The molecule has 0 N–H and O–H groups in total. The van der Waals surface area contributed by atoms with Gasteiger partial charge in [-0.05, 0) is 62.1 Å². The van der Waals surface area contributed by atoms with Crippen LogP contribution in [0.5, 0.6) is 0 Å². The second-order valence-corrected chi connectivity index (χ2v) is 15.6. The Morgan fingerprint density at radius 1 is 0.386 bits per heavy atom. The Balaban J connectivity index is 0.944. The Hall–Kier alpha value is -6.97. The molecule has 8 aromatic rings. The Labute approximate surface area is 334 Å². The van der Waals surface area contributed by atoms with Crippen molar-refractivity contribution in [3.8, 4) is 67.5 Å². The van der Waals surface area contributed by atoms with Gasteiger partial charge in [0.15, 0.2) is 17.5 Å². The molecule has 1 atom stereocenters. The van der Waals surface area contributed by atoms with Crippen LogP contribution in [0.2, 0.25) is 0 Å². The maximum atomic E-state index is 5.05. The minimum Gasteiger partial charge on any atom is -0.208 e. The third-order valence-electron chi connectivity index (χ3n) is 11.8. The number of rotatable bonds is 7. The molecule has 3 nitrogen and oxygen atoms in total. The number of hydrogen-bond donors (Lipinski definition) is 0. The third kappa shape index (κ3) is 6.51. The van der Waals surface area contributed by atoms with Gasteiger partial charge in [0.25, 0.3) is 0 Å². The maximum Gasteiger partial charge on any atom is 0.164 e. The fourth-order valence-electron chi connectivity index (χ4n) is 8.65. The summed E-state index contributed by atoms with van der Waals surface area (Å²) < 4.78 is 0. The van der Waals surface area contributed by atoms with Crippen LogP contribution in [0.4, 0.5) is 0 Å². The molecular weight excluding hydrogens is 691 g/mol. The van der Waals surface area contributed by atoms with Crippen LogP contribution in [-0.2, 0) is 5.41 Å². The van der Waals surface area contributed by atoms with Crippen molar-refractivity contribution < 1.29 is 0 Å². The molecule has 7 aromatic carbocycles. The SMILES string of the molecule is CC1(C)C2=CC(c3ccc(-c4ccc(-c5nc(-c6ccc(-c7ccccc7)cc6)nc(-c6ccc(-c7ccccc7)cc6)n5)cc4)cc3)=CCC2c2ccccc21. The monoisotopic (exact) mass is 731 g/mol. The van der Waals surface area contributed by atoms with Crippen molar-refractivity contribution in [3.63, 3.8) is 0 Å². The Morgan fingerprint density at radius 3 is 1.18 bits per heavy atom. The number of fused-ring (bicyclic) bond motifs is 3. The van der Waals surface area contributed by atoms with E-state index in [0.29, 0.717) is 23.4 Å². The summed E-state index contributed by atoms with van der Waals surface area (Å²) in [4.78, 5) is 15.1. The van der Waals surface area contributed by atoms with E-state index in [4.69, 9.17) is 15.0 Å². The van der Waals surface area contributed by atoms with Crippen LogP contribution >= 0.6 is 0 Å². The van der Waals surface area contributed by atoms with Crippen molar-refractivity contribution in [2.75, 3.05) is 0 Å². The summed E-state index contributed by atoms with van der Waals surface area (Å²) in [6.07, 6.45) is 5.91. The average molecular weight is 732 g/mol. The fourth-order valence-corrected chi connectivity index (χ4v) is 8.65. The second kappa shape index (κ2) is 14.3. The topological polar surface area (TPSA) is 38.7 Å². The largest absolute Gasteiger partial charge is 0.208 e. The summed E-state index contributed by atoms with van der Waals surface area (Å²) in [5.74, 6) is 2.41. The van der Waals surface area contributed by atoms with Crippen LogP contribution in [0.3, 0.4) is 0 Å². The highest BCUT2D eigenvalue weighted by Gasteiger charge is 2.41. The van der Waals surface area contributed by atoms with Crippen molar-refractivity contribution in [2.24, 2.45) is 0 Å². The molecular formula is C54H41N3. The van der Waals surface area contributed by atoms with E-state index in [1.165, 1.54) is 44.5 Å². The van der Waals surface area contributed by atoms with E-state index in [1.807, 2.05) is 12.1 Å². The van der Waals surface area contributed by atoms with Crippen LogP contribution in [0, 0.1) is 0 Å². The highest BCUT2D eigenvalue weighted by atomic mass is 15.0. The molecule has 1 heterocycles. The lowest BCUT2D eigenvalue weighted by Gasteiger charge is -2.27. The van der Waals surface area contributed by atoms with Gasteiger partial charge in [-0.15, -0.1) is 0 Å². The molecule has 0 bridgehead atoms. The van der Waals surface area contributed by atoms with Gasteiger partial charge >= 0.3 is 0 Å². The first-order chi connectivity index (χ1) is 28.0. The van der Waals surface area contributed by atoms with Crippen molar-refractivity contribution in [2.45, 2.75) is 31.6 Å². The molecule has 10 rings (SSSR count). The number of hydrogen-bond acceptors (Lipinski definition) is 3. The number of aromatic nitrogens is 3. The number of nitrogens with zero attached hydrogens (tertiary/aromatic N) is 3. The van der Waals surface area contributed by atoms with Gasteiger partial charge in [0.1, 0.15) is 0 Å². The molecule has 1 aromatic heterocycles. The lowest BCUT2D eigenvalue weighted by atomic mass is 9.77. The number of allylic oxidation sites excluding steroid dienone is 4. The zero-order chi connectivity index (χ0) is 38.3. The summed E-state index contributed by atoms with van der Waals surface area (Å²) in [7, 11) is 0. The summed E-state index contributed by atoms with van der Waals surface area (Å²) in [6.45, 7) is 4.75. The third-order valence-corrected chi connectivity index (χ3v) is 11.8. The van der Waals surface area contributed by atoms with Crippen LogP contribution in [0.1, 0.15) is 42.9 Å². The van der Waals surface area contributed by atoms with Crippen LogP contribution in [0.25, 0.3) is 73.1 Å². The van der Waals surface area contributed by atoms with E-state index < -0.39 is 0 Å². The summed E-state index contributed by atoms with van der Waals surface area (Å²) in [5.41, 5.74) is 16.9. The first-order valence-electron chi connectivity index (χ1n) is 19.8. The molecule has 0 fully saturated rings. The zero-order valence-corrected chi connectivity index (χ0v) is 32.1. The lowest BCUT2D eigenvalue weighted by molar-refractivity contribution is 0.613. The Kier molecular flexibility index (Phi) is 8.64. The van der Waals surface area contributed by atoms with E-state index in [1.54, 1.807) is 0 Å². The molecule has 1 unspecified atom stereocenters. The molecule has 0 saturated carbocycles. The van der Waals surface area contributed by atoms with E-state index in [9.17, 15) is 0 Å². The van der Waals surface area contributed by atoms with Crippen LogP contribution in [0.15, 0.2) is 200 Å². The van der Waals surface area contributed by atoms with Gasteiger partial charge in [0.2, 0.25) is 0 Å². The van der Waals surface area contributed by atoms with Gasteiger partial charge in [-0.3, -0.25) is 0 Å². The second-order valence-electron chi connectivity index (χ2n) is 15.6. The molecule has 0 aliphatic heterocycles. The molecule has 57 heavy (non-hydrogen) atoms. The van der Waals surface area contributed by atoms with E-state index in [2.05, 4.69) is 196 Å². The highest BCUT2D eigenvalue weighted by Crippen LogP contribution is 2.54. The molecule has 0 amide bonds. The minimum atomic E-state index is 0.0442. The van der Waals surface area contributed by atoms with Gasteiger partial charge < -0.3 is 0 Å². The van der Waals surface area contributed by atoms with Gasteiger partial charge in [0.05, 0.1) is 0 Å². The minimum absolute atomic E-state index is 0.0442. The standard InChI is InChI=1S/C54H41N3/c1-54(2)49-16-10-9-15-47(49)48-34-33-46(35-50(48)54)42-19-17-40(18-20-42)41-25-31-45(32-26-41)53-56-51(43-27-21-38(22-28-43)36-11-5-3-6-12-36)55-52(57-53)44-29-23-39(24-30-44)37-13-7-4-8-14-37/h3-33,35,48H,34H2,1-2H3. The van der Waals surface area contributed by atoms with Gasteiger partial charge in [-0.1, -0.05) is 214 Å². The quantitative estimate of drug-likeness (QED) is 0.164. The van der Waals surface area contributed by atoms with E-state index in [0.717, 1.165) is 39.8 Å². The van der Waals surface area contributed by atoms with Crippen molar-refractivity contribution >= 4 is 5.57 Å². The molecule has 0 spiro atoms. The summed E-state index contributed by atoms with van der Waals surface area (Å²) >= 11 is 0. The van der Waals surface area contributed by atoms with Gasteiger partial charge in [-0.25, -0.2) is 15.0 Å². The van der Waals surface area contributed by atoms with E-state index >= 15 is 0 Å². The molecule has 0 saturated heterocycles. The fraction of sp³-hybridized carbons (Fsp3) is 0.0926. The summed E-state index contributed by atoms with van der Waals surface area (Å²) in [6, 6.07) is 64.3. The predicted molar refractivity (Wildman–Crippen MR) is 235 cm³/mol. The molecule has 2 aliphatic carbocycles.